The summed E-state index contributed by atoms with van der Waals surface area (Å²) in [4.78, 5) is 26.5. The van der Waals surface area contributed by atoms with Crippen molar-refractivity contribution in [2.45, 2.75) is 27.3 Å². The summed E-state index contributed by atoms with van der Waals surface area (Å²) in [5.41, 5.74) is 0. The van der Waals surface area contributed by atoms with Crippen molar-refractivity contribution in [2.24, 2.45) is 5.92 Å². The molecule has 1 heterocycles. The third-order valence-electron chi connectivity index (χ3n) is 3.46. The second-order valence-corrected chi connectivity index (χ2v) is 5.15. The first-order valence-electron chi connectivity index (χ1n) is 7.18. The topological polar surface area (TPSA) is 74.0 Å². The first-order chi connectivity index (χ1) is 9.88. The second-order valence-electron chi connectivity index (χ2n) is 5.15. The summed E-state index contributed by atoms with van der Waals surface area (Å²) in [5, 5.41) is 8.87. The van der Waals surface area contributed by atoms with Gasteiger partial charge in [0.2, 0.25) is 0 Å². The van der Waals surface area contributed by atoms with Crippen LogP contribution in [0.25, 0.3) is 0 Å². The van der Waals surface area contributed by atoms with E-state index in [2.05, 4.69) is 18.7 Å². The SMILES string of the molecule is CCN(CC)Cc1ccc(C(=O)N(C)CC(C)C(=O)O)o1. The first kappa shape index (κ1) is 17.2. The summed E-state index contributed by atoms with van der Waals surface area (Å²) in [6.45, 7) is 8.35. The third kappa shape index (κ3) is 4.90. The molecule has 0 aliphatic rings. The lowest BCUT2D eigenvalue weighted by atomic mass is 10.2. The molecule has 0 saturated carbocycles. The molecule has 6 heteroatoms. The predicted octanol–water partition coefficient (Wildman–Crippen LogP) is 1.91. The number of carbonyl (C=O) groups excluding carboxylic acids is 1. The highest BCUT2D eigenvalue weighted by Crippen LogP contribution is 2.13. The van der Waals surface area contributed by atoms with Crippen LogP contribution in [0.1, 0.15) is 37.1 Å². The number of hydrogen-bond donors (Lipinski definition) is 1. The van der Waals surface area contributed by atoms with Gasteiger partial charge in [0.25, 0.3) is 5.91 Å². The number of furan rings is 1. The Morgan fingerprint density at radius 3 is 2.43 bits per heavy atom. The maximum absolute atomic E-state index is 12.2. The van der Waals surface area contributed by atoms with Gasteiger partial charge >= 0.3 is 5.97 Å². The van der Waals surface area contributed by atoms with Crippen LogP contribution in [0.5, 0.6) is 0 Å². The molecule has 21 heavy (non-hydrogen) atoms. The predicted molar refractivity (Wildman–Crippen MR) is 79.1 cm³/mol. The van der Waals surface area contributed by atoms with Crippen LogP contribution < -0.4 is 0 Å². The fraction of sp³-hybridized carbons (Fsp3) is 0.600. The van der Waals surface area contributed by atoms with E-state index in [1.807, 2.05) is 0 Å². The van der Waals surface area contributed by atoms with Crippen molar-refractivity contribution in [3.05, 3.63) is 23.7 Å². The Morgan fingerprint density at radius 1 is 1.29 bits per heavy atom. The van der Waals surface area contributed by atoms with Gasteiger partial charge in [-0.25, -0.2) is 0 Å². The van der Waals surface area contributed by atoms with E-state index in [1.54, 1.807) is 26.1 Å². The van der Waals surface area contributed by atoms with Crippen LogP contribution in [-0.2, 0) is 11.3 Å². The van der Waals surface area contributed by atoms with Crippen LogP contribution in [-0.4, -0.2) is 53.5 Å². The highest BCUT2D eigenvalue weighted by atomic mass is 16.4. The minimum Gasteiger partial charge on any atom is -0.481 e. The number of aliphatic carboxylic acids is 1. The molecule has 1 rings (SSSR count). The summed E-state index contributed by atoms with van der Waals surface area (Å²) >= 11 is 0. The second kappa shape index (κ2) is 7.83. The Kier molecular flexibility index (Phi) is 6.42. The van der Waals surface area contributed by atoms with Gasteiger partial charge in [0.1, 0.15) is 5.76 Å². The Bertz CT molecular complexity index is 480. The number of carboxylic acids is 1. The van der Waals surface area contributed by atoms with Crippen LogP contribution in [0.3, 0.4) is 0 Å². The van der Waals surface area contributed by atoms with Gasteiger partial charge in [-0.15, -0.1) is 0 Å². The van der Waals surface area contributed by atoms with Gasteiger partial charge in [0, 0.05) is 13.6 Å². The maximum atomic E-state index is 12.2. The zero-order valence-corrected chi connectivity index (χ0v) is 13.1. The lowest BCUT2D eigenvalue weighted by Crippen LogP contribution is -2.33. The zero-order valence-electron chi connectivity index (χ0n) is 13.1. The van der Waals surface area contributed by atoms with Gasteiger partial charge in [-0.2, -0.15) is 0 Å². The van der Waals surface area contributed by atoms with E-state index >= 15 is 0 Å². The maximum Gasteiger partial charge on any atom is 0.308 e. The smallest absolute Gasteiger partial charge is 0.308 e. The third-order valence-corrected chi connectivity index (χ3v) is 3.46. The minimum absolute atomic E-state index is 0.153. The van der Waals surface area contributed by atoms with Crippen molar-refractivity contribution >= 4 is 11.9 Å². The summed E-state index contributed by atoms with van der Waals surface area (Å²) < 4.78 is 5.56. The molecule has 0 aliphatic carbocycles. The van der Waals surface area contributed by atoms with Crippen LogP contribution in [0, 0.1) is 5.92 Å². The van der Waals surface area contributed by atoms with Crippen LogP contribution >= 0.6 is 0 Å². The fourth-order valence-corrected chi connectivity index (χ4v) is 2.01. The van der Waals surface area contributed by atoms with E-state index in [-0.39, 0.29) is 18.2 Å². The van der Waals surface area contributed by atoms with Crippen molar-refractivity contribution in [2.75, 3.05) is 26.7 Å². The normalized spacial score (nSPS) is 12.4. The van der Waals surface area contributed by atoms with Crippen molar-refractivity contribution < 1.29 is 19.1 Å². The molecule has 6 nitrogen and oxygen atoms in total. The van der Waals surface area contributed by atoms with Gasteiger partial charge in [0.05, 0.1) is 12.5 Å². The number of hydrogen-bond acceptors (Lipinski definition) is 4. The van der Waals surface area contributed by atoms with Gasteiger partial charge in [-0.1, -0.05) is 20.8 Å². The van der Waals surface area contributed by atoms with Crippen LogP contribution in [0.4, 0.5) is 0 Å². The molecule has 1 N–H and O–H groups in total. The number of rotatable bonds is 8. The zero-order chi connectivity index (χ0) is 16.0. The number of nitrogens with zero attached hydrogens (tertiary/aromatic N) is 2. The molecular weight excluding hydrogens is 272 g/mol. The van der Waals surface area contributed by atoms with Gasteiger partial charge in [0.15, 0.2) is 5.76 Å². The molecule has 0 saturated heterocycles. The average molecular weight is 296 g/mol. The van der Waals surface area contributed by atoms with E-state index in [1.165, 1.54) is 4.90 Å². The monoisotopic (exact) mass is 296 g/mol. The molecule has 1 aromatic rings. The van der Waals surface area contributed by atoms with Gasteiger partial charge in [-0.3, -0.25) is 14.5 Å². The molecule has 1 unspecified atom stereocenters. The first-order valence-corrected chi connectivity index (χ1v) is 7.18. The molecule has 0 aromatic carbocycles. The Labute approximate surface area is 125 Å². The Hall–Kier alpha value is -1.82. The summed E-state index contributed by atoms with van der Waals surface area (Å²) in [5.74, 6) is -0.840. The minimum atomic E-state index is -0.920. The Morgan fingerprint density at radius 2 is 1.90 bits per heavy atom. The molecule has 1 aromatic heterocycles. The largest absolute Gasteiger partial charge is 0.481 e. The van der Waals surface area contributed by atoms with E-state index in [0.717, 1.165) is 18.8 Å². The van der Waals surface area contributed by atoms with Crippen molar-refractivity contribution in [1.29, 1.82) is 0 Å². The molecule has 1 amide bonds. The summed E-state index contributed by atoms with van der Waals surface area (Å²) in [6.07, 6.45) is 0. The van der Waals surface area contributed by atoms with Crippen LogP contribution in [0.15, 0.2) is 16.5 Å². The standard InChI is InChI=1S/C15H24N2O4/c1-5-17(6-2)10-12-7-8-13(21-12)14(18)16(4)9-11(3)15(19)20/h7-8,11H,5-6,9-10H2,1-4H3,(H,19,20). The molecule has 0 bridgehead atoms. The number of amides is 1. The van der Waals surface area contributed by atoms with Crippen molar-refractivity contribution in [3.8, 4) is 0 Å². The number of carboxylic acid groups (broad SMARTS) is 1. The Balaban J connectivity index is 2.67. The molecule has 118 valence electrons. The fourth-order valence-electron chi connectivity index (χ4n) is 2.01. The molecule has 0 spiro atoms. The summed E-state index contributed by atoms with van der Waals surface area (Å²) in [6, 6.07) is 3.43. The summed E-state index contributed by atoms with van der Waals surface area (Å²) in [7, 11) is 1.58. The van der Waals surface area contributed by atoms with Gasteiger partial charge < -0.3 is 14.4 Å². The molecule has 1 atom stereocenters. The van der Waals surface area contributed by atoms with E-state index in [0.29, 0.717) is 6.54 Å². The lowest BCUT2D eigenvalue weighted by molar-refractivity contribution is -0.141. The molecule has 0 radical (unpaired) electrons. The molecular formula is C15H24N2O4. The highest BCUT2D eigenvalue weighted by Gasteiger charge is 2.21. The molecule has 0 fully saturated rings. The van der Waals surface area contributed by atoms with Crippen molar-refractivity contribution in [1.82, 2.24) is 9.80 Å². The average Bonchev–Trinajstić information content (AvgIpc) is 2.91. The van der Waals surface area contributed by atoms with E-state index in [9.17, 15) is 9.59 Å². The lowest BCUT2D eigenvalue weighted by Gasteiger charge is -2.18. The quantitative estimate of drug-likeness (QED) is 0.793. The van der Waals surface area contributed by atoms with E-state index in [4.69, 9.17) is 9.52 Å². The van der Waals surface area contributed by atoms with Gasteiger partial charge in [-0.05, 0) is 25.2 Å². The molecule has 0 aliphatic heterocycles. The van der Waals surface area contributed by atoms with E-state index < -0.39 is 11.9 Å². The highest BCUT2D eigenvalue weighted by molar-refractivity contribution is 5.91. The van der Waals surface area contributed by atoms with Crippen molar-refractivity contribution in [3.63, 3.8) is 0 Å². The number of carbonyl (C=O) groups is 2. The van der Waals surface area contributed by atoms with Crippen LogP contribution in [0.2, 0.25) is 0 Å².